The molecule has 7 nitrogen and oxygen atoms in total. The number of rotatable bonds is 4. The first-order valence-electron chi connectivity index (χ1n) is 7.07. The van der Waals surface area contributed by atoms with E-state index in [0.717, 1.165) is 38.8 Å². The summed E-state index contributed by atoms with van der Waals surface area (Å²) < 4.78 is 0. The number of nitrogens with zero attached hydrogens (tertiary/aromatic N) is 4. The standard InChI is InChI=1S/C12H20N6O/c19-12(9-2-1-3-9)18-6-4-10(5-7-18)13-8-11-14-16-17-15-11/h9-10,13H,1-8H2,(H,14,15,16,17). The Morgan fingerprint density at radius 2 is 2.11 bits per heavy atom. The summed E-state index contributed by atoms with van der Waals surface area (Å²) in [4.78, 5) is 14.1. The van der Waals surface area contributed by atoms with Crippen molar-refractivity contribution in [1.82, 2.24) is 30.8 Å². The summed E-state index contributed by atoms with van der Waals surface area (Å²) in [7, 11) is 0. The van der Waals surface area contributed by atoms with Crippen LogP contribution in [-0.2, 0) is 11.3 Å². The van der Waals surface area contributed by atoms with Crippen LogP contribution in [0.1, 0.15) is 37.9 Å². The van der Waals surface area contributed by atoms with E-state index in [1.54, 1.807) is 0 Å². The lowest BCUT2D eigenvalue weighted by Gasteiger charge is -2.36. The second-order valence-electron chi connectivity index (χ2n) is 5.44. The first-order chi connectivity index (χ1) is 9.33. The maximum Gasteiger partial charge on any atom is 0.225 e. The zero-order valence-electron chi connectivity index (χ0n) is 11.0. The average molecular weight is 264 g/mol. The van der Waals surface area contributed by atoms with Crippen LogP contribution in [0.3, 0.4) is 0 Å². The first-order valence-corrected chi connectivity index (χ1v) is 7.07. The van der Waals surface area contributed by atoms with E-state index < -0.39 is 0 Å². The number of nitrogens with one attached hydrogen (secondary N) is 2. The summed E-state index contributed by atoms with van der Waals surface area (Å²) in [5.74, 6) is 1.39. The van der Waals surface area contributed by atoms with E-state index in [1.807, 2.05) is 4.90 Å². The molecule has 19 heavy (non-hydrogen) atoms. The van der Waals surface area contributed by atoms with Crippen LogP contribution in [0.5, 0.6) is 0 Å². The highest BCUT2D eigenvalue weighted by Gasteiger charge is 2.31. The van der Waals surface area contributed by atoms with Gasteiger partial charge in [0.05, 0.1) is 6.54 Å². The topological polar surface area (TPSA) is 86.8 Å². The Morgan fingerprint density at radius 1 is 1.32 bits per heavy atom. The van der Waals surface area contributed by atoms with Gasteiger partial charge in [0, 0.05) is 25.0 Å². The van der Waals surface area contributed by atoms with Crippen LogP contribution in [0.4, 0.5) is 0 Å². The second kappa shape index (κ2) is 5.64. The lowest BCUT2D eigenvalue weighted by Crippen LogP contribution is -2.47. The predicted octanol–water partition coefficient (Wildman–Crippen LogP) is 0.0804. The molecule has 1 aromatic rings. The van der Waals surface area contributed by atoms with Crippen LogP contribution >= 0.6 is 0 Å². The van der Waals surface area contributed by atoms with Gasteiger partial charge in [0.1, 0.15) is 0 Å². The summed E-state index contributed by atoms with van der Waals surface area (Å²) in [6, 6.07) is 0.448. The van der Waals surface area contributed by atoms with Crippen LogP contribution < -0.4 is 5.32 Å². The summed E-state index contributed by atoms with van der Waals surface area (Å²) in [6.07, 6.45) is 5.43. The molecule has 0 aromatic carbocycles. The number of hydrogen-bond donors (Lipinski definition) is 2. The Hall–Kier alpha value is -1.50. The van der Waals surface area contributed by atoms with Gasteiger partial charge in [0.15, 0.2) is 5.82 Å². The fraction of sp³-hybridized carbons (Fsp3) is 0.833. The van der Waals surface area contributed by atoms with E-state index in [0.29, 0.717) is 30.2 Å². The Morgan fingerprint density at radius 3 is 2.68 bits per heavy atom. The third kappa shape index (κ3) is 2.91. The van der Waals surface area contributed by atoms with Gasteiger partial charge in [-0.15, -0.1) is 10.2 Å². The zero-order valence-corrected chi connectivity index (χ0v) is 11.0. The minimum absolute atomic E-state index is 0.323. The van der Waals surface area contributed by atoms with Crippen molar-refractivity contribution in [1.29, 1.82) is 0 Å². The van der Waals surface area contributed by atoms with Crippen molar-refractivity contribution in [2.24, 2.45) is 5.92 Å². The molecule has 1 saturated heterocycles. The highest BCUT2D eigenvalue weighted by molar-refractivity contribution is 5.79. The van der Waals surface area contributed by atoms with Gasteiger partial charge in [-0.05, 0) is 25.7 Å². The summed E-state index contributed by atoms with van der Waals surface area (Å²) >= 11 is 0. The first kappa shape index (κ1) is 12.5. The van der Waals surface area contributed by atoms with E-state index in [1.165, 1.54) is 6.42 Å². The third-order valence-corrected chi connectivity index (χ3v) is 4.20. The summed E-state index contributed by atoms with van der Waals surface area (Å²) in [5, 5.41) is 17.2. The zero-order chi connectivity index (χ0) is 13.1. The molecule has 1 aliphatic heterocycles. The third-order valence-electron chi connectivity index (χ3n) is 4.20. The number of aromatic nitrogens is 4. The molecule has 1 aromatic heterocycles. The number of carbonyl (C=O) groups is 1. The second-order valence-corrected chi connectivity index (χ2v) is 5.44. The van der Waals surface area contributed by atoms with Gasteiger partial charge in [0.2, 0.25) is 5.91 Å². The molecule has 1 aliphatic carbocycles. The molecule has 3 rings (SSSR count). The molecule has 2 heterocycles. The molecule has 104 valence electrons. The maximum atomic E-state index is 12.1. The quantitative estimate of drug-likeness (QED) is 0.804. The van der Waals surface area contributed by atoms with Crippen LogP contribution in [-0.4, -0.2) is 50.6 Å². The smallest absolute Gasteiger partial charge is 0.225 e. The van der Waals surface area contributed by atoms with Gasteiger partial charge in [-0.2, -0.15) is 5.21 Å². The fourth-order valence-electron chi connectivity index (χ4n) is 2.71. The van der Waals surface area contributed by atoms with Crippen LogP contribution in [0.25, 0.3) is 0 Å². The number of hydrogen-bond acceptors (Lipinski definition) is 5. The van der Waals surface area contributed by atoms with Crippen LogP contribution in [0.15, 0.2) is 0 Å². The highest BCUT2D eigenvalue weighted by atomic mass is 16.2. The van der Waals surface area contributed by atoms with Crippen molar-refractivity contribution in [3.63, 3.8) is 0 Å². The Kier molecular flexibility index (Phi) is 3.72. The van der Waals surface area contributed by atoms with E-state index in [2.05, 4.69) is 25.9 Å². The van der Waals surface area contributed by atoms with Crippen molar-refractivity contribution in [2.75, 3.05) is 13.1 Å². The molecule has 0 radical (unpaired) electrons. The molecule has 2 fully saturated rings. The van der Waals surface area contributed by atoms with Gasteiger partial charge in [-0.1, -0.05) is 11.6 Å². The molecular formula is C12H20N6O. The van der Waals surface area contributed by atoms with Gasteiger partial charge in [0.25, 0.3) is 0 Å². The highest BCUT2D eigenvalue weighted by Crippen LogP contribution is 2.29. The molecule has 1 amide bonds. The monoisotopic (exact) mass is 264 g/mol. The SMILES string of the molecule is O=C(C1CCC1)N1CCC(NCc2nn[nH]n2)CC1. The van der Waals surface area contributed by atoms with Gasteiger partial charge >= 0.3 is 0 Å². The molecule has 0 atom stereocenters. The minimum Gasteiger partial charge on any atom is -0.342 e. The molecule has 0 bridgehead atoms. The number of piperidine rings is 1. The number of likely N-dealkylation sites (tertiary alicyclic amines) is 1. The Balaban J connectivity index is 1.40. The lowest BCUT2D eigenvalue weighted by atomic mass is 9.84. The van der Waals surface area contributed by atoms with Crippen LogP contribution in [0, 0.1) is 5.92 Å². The van der Waals surface area contributed by atoms with E-state index in [4.69, 9.17) is 0 Å². The largest absolute Gasteiger partial charge is 0.342 e. The molecule has 2 N–H and O–H groups in total. The van der Waals surface area contributed by atoms with E-state index >= 15 is 0 Å². The minimum atomic E-state index is 0.323. The van der Waals surface area contributed by atoms with E-state index in [9.17, 15) is 4.79 Å². The Labute approximate surface area is 112 Å². The number of aromatic amines is 1. The van der Waals surface area contributed by atoms with Crippen molar-refractivity contribution in [3.05, 3.63) is 5.82 Å². The number of tetrazole rings is 1. The van der Waals surface area contributed by atoms with Crippen molar-refractivity contribution in [3.8, 4) is 0 Å². The number of carbonyl (C=O) groups excluding carboxylic acids is 1. The lowest BCUT2D eigenvalue weighted by molar-refractivity contribution is -0.139. The Bertz CT molecular complexity index is 408. The van der Waals surface area contributed by atoms with Gasteiger partial charge < -0.3 is 10.2 Å². The molecule has 0 unspecified atom stereocenters. The number of amides is 1. The number of H-pyrrole nitrogens is 1. The molecular weight excluding hydrogens is 244 g/mol. The van der Waals surface area contributed by atoms with Crippen molar-refractivity contribution in [2.45, 2.75) is 44.7 Å². The molecule has 1 saturated carbocycles. The van der Waals surface area contributed by atoms with Crippen molar-refractivity contribution < 1.29 is 4.79 Å². The molecule has 0 spiro atoms. The molecule has 7 heteroatoms. The molecule has 2 aliphatic rings. The van der Waals surface area contributed by atoms with Gasteiger partial charge in [-0.3, -0.25) is 4.79 Å². The summed E-state index contributed by atoms with van der Waals surface area (Å²) in [6.45, 7) is 2.39. The predicted molar refractivity (Wildman–Crippen MR) is 68.0 cm³/mol. The summed E-state index contributed by atoms with van der Waals surface area (Å²) in [5.41, 5.74) is 0. The van der Waals surface area contributed by atoms with E-state index in [-0.39, 0.29) is 0 Å². The van der Waals surface area contributed by atoms with Crippen LogP contribution in [0.2, 0.25) is 0 Å². The average Bonchev–Trinajstić information content (AvgIpc) is 2.88. The van der Waals surface area contributed by atoms with Gasteiger partial charge in [-0.25, -0.2) is 0 Å². The van der Waals surface area contributed by atoms with Crippen molar-refractivity contribution >= 4 is 5.91 Å². The fourth-order valence-corrected chi connectivity index (χ4v) is 2.71. The maximum absolute atomic E-state index is 12.1. The normalized spacial score (nSPS) is 21.4.